The average molecular weight is 415 g/mol. The molecule has 1 aromatic heterocycles. The number of aliphatic imine (C=N–C) groups is 1. The summed E-state index contributed by atoms with van der Waals surface area (Å²) in [5.74, 6) is 0.147. The number of halogens is 1. The number of allylic oxidation sites excluding steroid dienone is 1. The van der Waals surface area contributed by atoms with Crippen molar-refractivity contribution in [2.24, 2.45) is 4.99 Å². The first-order valence-electron chi connectivity index (χ1n) is 7.19. The van der Waals surface area contributed by atoms with E-state index < -0.39 is 0 Å². The van der Waals surface area contributed by atoms with E-state index in [0.29, 0.717) is 3.95 Å². The highest BCUT2D eigenvalue weighted by molar-refractivity contribution is 9.10. The minimum atomic E-state index is 0.147. The molecule has 1 N–H and O–H groups in total. The molecule has 6 heteroatoms. The molecule has 0 spiro atoms. The lowest BCUT2D eigenvalue weighted by Crippen LogP contribution is -1.92. The second-order valence-electron chi connectivity index (χ2n) is 5.25. The zero-order chi connectivity index (χ0) is 16.7. The zero-order valence-corrected chi connectivity index (χ0v) is 15.5. The second kappa shape index (κ2) is 6.12. The van der Waals surface area contributed by atoms with E-state index in [0.717, 1.165) is 31.9 Å². The van der Waals surface area contributed by atoms with Gasteiger partial charge >= 0.3 is 0 Å². The molecule has 1 aliphatic rings. The molecule has 2 heterocycles. The topological polar surface area (TPSA) is 37.5 Å². The Hall–Kier alpha value is -2.02. The van der Waals surface area contributed by atoms with Crippen LogP contribution in [0.15, 0.2) is 58.0 Å². The van der Waals surface area contributed by atoms with Gasteiger partial charge in [0, 0.05) is 21.8 Å². The predicted octanol–water partition coefficient (Wildman–Crippen LogP) is 5.99. The molecule has 0 bridgehead atoms. The predicted molar refractivity (Wildman–Crippen MR) is 106 cm³/mol. The molecule has 0 aliphatic carbocycles. The summed E-state index contributed by atoms with van der Waals surface area (Å²) in [5.41, 5.74) is 3.80. The minimum Gasteiger partial charge on any atom is -0.493 e. The van der Waals surface area contributed by atoms with Gasteiger partial charge in [0.1, 0.15) is 0 Å². The van der Waals surface area contributed by atoms with Crippen LogP contribution in [0.4, 0.5) is 5.69 Å². The maximum Gasteiger partial charge on any atom is 0.215 e. The fourth-order valence-corrected chi connectivity index (χ4v) is 4.30. The van der Waals surface area contributed by atoms with E-state index >= 15 is 0 Å². The Morgan fingerprint density at radius 2 is 2.00 bits per heavy atom. The smallest absolute Gasteiger partial charge is 0.215 e. The van der Waals surface area contributed by atoms with Crippen molar-refractivity contribution in [3.63, 3.8) is 0 Å². The Morgan fingerprint density at radius 3 is 2.83 bits per heavy atom. The van der Waals surface area contributed by atoms with Crippen molar-refractivity contribution >= 4 is 63.0 Å². The van der Waals surface area contributed by atoms with Crippen molar-refractivity contribution < 1.29 is 5.11 Å². The van der Waals surface area contributed by atoms with E-state index in [9.17, 15) is 5.11 Å². The van der Waals surface area contributed by atoms with E-state index in [1.165, 1.54) is 11.3 Å². The van der Waals surface area contributed by atoms with Crippen molar-refractivity contribution in [2.75, 3.05) is 0 Å². The van der Waals surface area contributed by atoms with Crippen LogP contribution in [0.1, 0.15) is 10.4 Å². The molecule has 3 aromatic rings. The standard InChI is InChI=1S/C18H11BrN2OS2/c19-12-4-3-5-13(9-12)21-17(22)16(24-18(21)23)8-11-10-20-15-7-2-1-6-14(11)15/h1-10,22H/b11-8+. The number of hydrogen-bond donors (Lipinski definition) is 1. The summed E-state index contributed by atoms with van der Waals surface area (Å²) in [6.45, 7) is 0. The first-order valence-corrected chi connectivity index (χ1v) is 9.21. The molecule has 0 amide bonds. The molecule has 3 nitrogen and oxygen atoms in total. The third kappa shape index (κ3) is 2.66. The van der Waals surface area contributed by atoms with E-state index in [-0.39, 0.29) is 5.88 Å². The Balaban J connectivity index is 1.83. The van der Waals surface area contributed by atoms with Gasteiger partial charge in [-0.3, -0.25) is 9.56 Å². The van der Waals surface area contributed by atoms with Gasteiger partial charge in [0.25, 0.3) is 0 Å². The third-order valence-electron chi connectivity index (χ3n) is 3.72. The molecular weight excluding hydrogens is 404 g/mol. The average Bonchev–Trinajstić information content (AvgIpc) is 3.09. The molecule has 0 unspecified atom stereocenters. The van der Waals surface area contributed by atoms with Crippen molar-refractivity contribution in [1.82, 2.24) is 4.57 Å². The van der Waals surface area contributed by atoms with Gasteiger partial charge in [-0.15, -0.1) is 11.3 Å². The fraction of sp³-hybridized carbons (Fsp3) is 0. The lowest BCUT2D eigenvalue weighted by Gasteiger charge is -2.05. The van der Waals surface area contributed by atoms with Gasteiger partial charge in [-0.25, -0.2) is 0 Å². The van der Waals surface area contributed by atoms with Gasteiger partial charge in [0.2, 0.25) is 5.88 Å². The summed E-state index contributed by atoms with van der Waals surface area (Å²) >= 11 is 10.3. The number of rotatable bonds is 2. The van der Waals surface area contributed by atoms with Crippen LogP contribution in [0, 0.1) is 3.95 Å². The second-order valence-corrected chi connectivity index (χ2v) is 7.84. The van der Waals surface area contributed by atoms with Gasteiger partial charge in [-0.2, -0.15) is 0 Å². The highest BCUT2D eigenvalue weighted by Crippen LogP contribution is 2.37. The zero-order valence-electron chi connectivity index (χ0n) is 12.3. The van der Waals surface area contributed by atoms with Crippen molar-refractivity contribution in [2.45, 2.75) is 0 Å². The summed E-state index contributed by atoms with van der Waals surface area (Å²) < 4.78 is 3.21. The van der Waals surface area contributed by atoms with Crippen molar-refractivity contribution in [3.05, 3.63) is 67.4 Å². The van der Waals surface area contributed by atoms with Crippen LogP contribution in [-0.4, -0.2) is 15.9 Å². The van der Waals surface area contributed by atoms with Crippen LogP contribution in [0.3, 0.4) is 0 Å². The summed E-state index contributed by atoms with van der Waals surface area (Å²) in [6.07, 6.45) is 3.75. The Kier molecular flexibility index (Phi) is 3.96. The SMILES string of the molecule is Oc1c(/C=C2\C=Nc3ccccc32)sc(=S)n1-c1cccc(Br)c1. The molecule has 24 heavy (non-hydrogen) atoms. The molecule has 1 aliphatic heterocycles. The van der Waals surface area contributed by atoms with E-state index in [4.69, 9.17) is 12.2 Å². The van der Waals surface area contributed by atoms with Crippen molar-refractivity contribution in [1.29, 1.82) is 0 Å². The van der Waals surface area contributed by atoms with Crippen LogP contribution in [-0.2, 0) is 0 Å². The van der Waals surface area contributed by atoms with Crippen LogP contribution in [0.2, 0.25) is 0 Å². The Morgan fingerprint density at radius 1 is 1.17 bits per heavy atom. The number of para-hydroxylation sites is 1. The molecule has 0 radical (unpaired) electrons. The summed E-state index contributed by atoms with van der Waals surface area (Å²) in [4.78, 5) is 5.12. The van der Waals surface area contributed by atoms with Gasteiger partial charge in [0.15, 0.2) is 3.95 Å². The Labute approximate surface area is 156 Å². The lowest BCUT2D eigenvalue weighted by atomic mass is 10.1. The van der Waals surface area contributed by atoms with Gasteiger partial charge in [0.05, 0.1) is 16.3 Å². The monoisotopic (exact) mass is 414 g/mol. The van der Waals surface area contributed by atoms with Crippen molar-refractivity contribution in [3.8, 4) is 11.6 Å². The van der Waals surface area contributed by atoms with E-state index in [1.54, 1.807) is 4.57 Å². The summed E-state index contributed by atoms with van der Waals surface area (Å²) in [6, 6.07) is 15.6. The molecule has 4 rings (SSSR count). The normalized spacial score (nSPS) is 14.3. The van der Waals surface area contributed by atoms with Crippen LogP contribution < -0.4 is 0 Å². The van der Waals surface area contributed by atoms with Crippen LogP contribution >= 0.6 is 39.5 Å². The quantitative estimate of drug-likeness (QED) is 0.522. The lowest BCUT2D eigenvalue weighted by molar-refractivity contribution is 0.441. The number of hydrogen-bond acceptors (Lipinski definition) is 4. The molecule has 0 saturated carbocycles. The molecule has 118 valence electrons. The summed E-state index contributed by atoms with van der Waals surface area (Å²) in [7, 11) is 0. The molecule has 0 fully saturated rings. The first-order chi connectivity index (χ1) is 11.6. The minimum absolute atomic E-state index is 0.147. The van der Waals surface area contributed by atoms with E-state index in [1.807, 2.05) is 60.8 Å². The largest absolute Gasteiger partial charge is 0.493 e. The Bertz CT molecular complexity index is 1060. The van der Waals surface area contributed by atoms with Crippen LogP contribution in [0.5, 0.6) is 5.88 Å². The highest BCUT2D eigenvalue weighted by Gasteiger charge is 2.16. The number of benzene rings is 2. The van der Waals surface area contributed by atoms with Gasteiger partial charge in [-0.05, 0) is 42.6 Å². The number of thiazole rings is 1. The fourth-order valence-electron chi connectivity index (χ4n) is 2.61. The molecule has 0 atom stereocenters. The number of aromatic nitrogens is 1. The van der Waals surface area contributed by atoms with Gasteiger partial charge in [-0.1, -0.05) is 40.2 Å². The highest BCUT2D eigenvalue weighted by atomic mass is 79.9. The van der Waals surface area contributed by atoms with Gasteiger partial charge < -0.3 is 5.11 Å². The summed E-state index contributed by atoms with van der Waals surface area (Å²) in [5, 5.41) is 10.7. The maximum atomic E-state index is 10.7. The van der Waals surface area contributed by atoms with E-state index in [2.05, 4.69) is 20.9 Å². The number of aromatic hydroxyl groups is 1. The molecule has 0 saturated heterocycles. The van der Waals surface area contributed by atoms with Crippen LogP contribution in [0.25, 0.3) is 17.3 Å². The molecular formula is C18H11BrN2OS2. The number of nitrogens with zero attached hydrogens (tertiary/aromatic N) is 2. The first kappa shape index (κ1) is 15.5. The molecule has 2 aromatic carbocycles. The third-order valence-corrected chi connectivity index (χ3v) is 5.53. The maximum absolute atomic E-state index is 10.7. The number of fused-ring (bicyclic) bond motifs is 1.